The van der Waals surface area contributed by atoms with E-state index in [9.17, 15) is 0 Å². The molecule has 0 bridgehead atoms. The molecule has 62 heavy (non-hydrogen) atoms. The third kappa shape index (κ3) is 5.67. The first kappa shape index (κ1) is 34.9. The summed E-state index contributed by atoms with van der Waals surface area (Å²) in [7, 11) is 0. The molecular formula is C57H36N4S. The minimum atomic E-state index is -0.351. The Morgan fingerprint density at radius 1 is 0.419 bits per heavy atom. The van der Waals surface area contributed by atoms with Crippen molar-refractivity contribution in [2.24, 2.45) is 9.98 Å². The van der Waals surface area contributed by atoms with Crippen molar-refractivity contribution in [2.45, 2.75) is 6.17 Å². The molecule has 5 heteroatoms. The van der Waals surface area contributed by atoms with Gasteiger partial charge >= 0.3 is 0 Å². The fourth-order valence-electron chi connectivity index (χ4n) is 9.52. The van der Waals surface area contributed by atoms with Crippen molar-refractivity contribution in [3.8, 4) is 16.8 Å². The summed E-state index contributed by atoms with van der Waals surface area (Å²) in [6.07, 6.45) is -0.351. The number of fused-ring (bicyclic) bond motifs is 9. The van der Waals surface area contributed by atoms with Crippen LogP contribution in [0.25, 0.3) is 91.1 Å². The normalized spacial score (nSPS) is 14.3. The molecule has 0 aliphatic carbocycles. The molecule has 0 radical (unpaired) electrons. The van der Waals surface area contributed by atoms with Crippen LogP contribution >= 0.6 is 11.3 Å². The first-order chi connectivity index (χ1) is 30.7. The number of aromatic nitrogens is 1. The lowest BCUT2D eigenvalue weighted by Gasteiger charge is -2.24. The smallest absolute Gasteiger partial charge is 0.159 e. The van der Waals surface area contributed by atoms with E-state index in [1.54, 1.807) is 0 Å². The van der Waals surface area contributed by atoms with Gasteiger partial charge in [0.2, 0.25) is 0 Å². The summed E-state index contributed by atoms with van der Waals surface area (Å²) in [5.74, 6) is 1.48. The predicted molar refractivity (Wildman–Crippen MR) is 263 cm³/mol. The highest BCUT2D eigenvalue weighted by molar-refractivity contribution is 7.25. The monoisotopic (exact) mass is 808 g/mol. The molecule has 0 saturated heterocycles. The van der Waals surface area contributed by atoms with Crippen LogP contribution in [-0.4, -0.2) is 16.2 Å². The van der Waals surface area contributed by atoms with Gasteiger partial charge in [-0.05, 0) is 110 Å². The summed E-state index contributed by atoms with van der Waals surface area (Å²) in [6, 6.07) is 74.8. The number of nitrogens with one attached hydrogen (secondary N) is 1. The van der Waals surface area contributed by atoms with Crippen molar-refractivity contribution in [1.82, 2.24) is 9.88 Å². The summed E-state index contributed by atoms with van der Waals surface area (Å²) < 4.78 is 5.03. The second kappa shape index (κ2) is 13.8. The molecular weight excluding hydrogens is 773 g/mol. The van der Waals surface area contributed by atoms with Crippen molar-refractivity contribution in [1.29, 1.82) is 0 Å². The van der Waals surface area contributed by atoms with Gasteiger partial charge in [-0.25, -0.2) is 9.98 Å². The minimum Gasteiger partial charge on any atom is -0.344 e. The summed E-state index contributed by atoms with van der Waals surface area (Å²) in [5.41, 5.74) is 8.76. The first-order valence-corrected chi connectivity index (χ1v) is 21.9. The van der Waals surface area contributed by atoms with Gasteiger partial charge in [-0.1, -0.05) is 140 Å². The molecule has 0 fully saturated rings. The zero-order valence-corrected chi connectivity index (χ0v) is 34.3. The number of benzene rings is 10. The second-order valence-corrected chi connectivity index (χ2v) is 17.3. The standard InChI is InChI=1S/C57H36N4S/c1-3-13-37-29-42(23-21-35(37)11-1)55-58-56(43-24-22-36-12-2-4-14-38(36)30-43)60-57(59-55)44-25-27-51(47(33-44)41-26-28-54-49(32-41)46-18-8-10-20-53(46)62-54)61-50-19-9-7-17-45(50)48-31-39-15-5-6-16-40(39)34-52(48)61/h1-34,55H,(H,58,59,60). The molecule has 4 nitrogen and oxygen atoms in total. The van der Waals surface area contributed by atoms with E-state index < -0.39 is 0 Å². The highest BCUT2D eigenvalue weighted by Crippen LogP contribution is 2.41. The van der Waals surface area contributed by atoms with Crippen LogP contribution in [0.5, 0.6) is 0 Å². The van der Waals surface area contributed by atoms with Gasteiger partial charge in [-0.2, -0.15) is 0 Å². The van der Waals surface area contributed by atoms with Crippen molar-refractivity contribution in [3.05, 3.63) is 223 Å². The highest BCUT2D eigenvalue weighted by Gasteiger charge is 2.24. The van der Waals surface area contributed by atoms with Crippen LogP contribution in [0.15, 0.2) is 216 Å². The van der Waals surface area contributed by atoms with E-state index in [4.69, 9.17) is 9.98 Å². The third-order valence-electron chi connectivity index (χ3n) is 12.6. The summed E-state index contributed by atoms with van der Waals surface area (Å²) in [4.78, 5) is 10.8. The van der Waals surface area contributed by atoms with Crippen molar-refractivity contribution in [3.63, 3.8) is 0 Å². The molecule has 1 atom stereocenters. The molecule has 12 aromatic rings. The Morgan fingerprint density at radius 2 is 1.05 bits per heavy atom. The fraction of sp³-hybridized carbons (Fsp3) is 0.0175. The third-order valence-corrected chi connectivity index (χ3v) is 13.7. The van der Waals surface area contributed by atoms with E-state index in [0.29, 0.717) is 5.84 Å². The maximum absolute atomic E-state index is 5.42. The van der Waals surface area contributed by atoms with Gasteiger partial charge < -0.3 is 9.88 Å². The molecule has 0 saturated carbocycles. The van der Waals surface area contributed by atoms with Gasteiger partial charge in [-0.15, -0.1) is 11.3 Å². The Kier molecular flexibility index (Phi) is 7.81. The van der Waals surface area contributed by atoms with Crippen molar-refractivity contribution >= 4 is 97.3 Å². The fourth-order valence-corrected chi connectivity index (χ4v) is 10.6. The van der Waals surface area contributed by atoms with E-state index in [-0.39, 0.29) is 6.17 Å². The van der Waals surface area contributed by atoms with Gasteiger partial charge in [0, 0.05) is 47.6 Å². The Balaban J connectivity index is 1.06. The maximum Gasteiger partial charge on any atom is 0.159 e. The summed E-state index contributed by atoms with van der Waals surface area (Å²) in [5, 5.41) is 15.9. The Labute approximate surface area is 361 Å². The number of rotatable bonds is 5. The molecule has 1 unspecified atom stereocenters. The van der Waals surface area contributed by atoms with E-state index in [1.165, 1.54) is 74.3 Å². The number of hydrogen-bond donors (Lipinski definition) is 1. The van der Waals surface area contributed by atoms with Crippen molar-refractivity contribution in [2.75, 3.05) is 0 Å². The van der Waals surface area contributed by atoms with E-state index in [2.05, 4.69) is 216 Å². The average Bonchev–Trinajstić information content (AvgIpc) is 3.87. The number of para-hydroxylation sites is 1. The van der Waals surface area contributed by atoms with Gasteiger partial charge in [0.25, 0.3) is 0 Å². The van der Waals surface area contributed by atoms with Crippen LogP contribution in [0.1, 0.15) is 22.9 Å². The quantitative estimate of drug-likeness (QED) is 0.185. The average molecular weight is 809 g/mol. The zero-order chi connectivity index (χ0) is 40.7. The van der Waals surface area contributed by atoms with Gasteiger partial charge in [0.05, 0.1) is 16.7 Å². The van der Waals surface area contributed by atoms with Crippen LogP contribution in [0.4, 0.5) is 0 Å². The Morgan fingerprint density at radius 3 is 1.87 bits per heavy atom. The number of thiophene rings is 1. The SMILES string of the molecule is c1ccc2cc(C3=NC(c4ccc(-n5c6ccccc6c6cc7ccccc7cc65)c(-c5ccc6sc7ccccc7c6c5)c4)=NC(c4ccc5ccccc5c4)N3)ccc2c1. The van der Waals surface area contributed by atoms with E-state index in [0.717, 1.165) is 39.3 Å². The first-order valence-electron chi connectivity index (χ1n) is 21.1. The molecule has 3 heterocycles. The molecule has 290 valence electrons. The van der Waals surface area contributed by atoms with Crippen LogP contribution in [0.3, 0.4) is 0 Å². The lowest BCUT2D eigenvalue weighted by molar-refractivity contribution is 0.675. The van der Waals surface area contributed by atoms with E-state index >= 15 is 0 Å². The van der Waals surface area contributed by atoms with Crippen LogP contribution < -0.4 is 5.32 Å². The second-order valence-electron chi connectivity index (χ2n) is 16.2. The number of amidine groups is 2. The molecule has 1 aliphatic rings. The lowest BCUT2D eigenvalue weighted by Crippen LogP contribution is -2.33. The highest BCUT2D eigenvalue weighted by atomic mass is 32.1. The molecule has 1 N–H and O–H groups in total. The summed E-state index contributed by atoms with van der Waals surface area (Å²) >= 11 is 1.85. The largest absolute Gasteiger partial charge is 0.344 e. The Bertz CT molecular complexity index is 3870. The summed E-state index contributed by atoms with van der Waals surface area (Å²) in [6.45, 7) is 0. The van der Waals surface area contributed by atoms with Crippen LogP contribution in [0, 0.1) is 0 Å². The Hall–Kier alpha value is -7.86. The topological polar surface area (TPSA) is 41.7 Å². The molecule has 2 aromatic heterocycles. The van der Waals surface area contributed by atoms with Gasteiger partial charge in [0.15, 0.2) is 5.84 Å². The molecule has 0 spiro atoms. The lowest BCUT2D eigenvalue weighted by atomic mass is 9.97. The van der Waals surface area contributed by atoms with E-state index in [1.807, 2.05) is 11.3 Å². The number of aliphatic imine (C=N–C) groups is 2. The molecule has 0 amide bonds. The molecule has 10 aromatic carbocycles. The maximum atomic E-state index is 5.42. The van der Waals surface area contributed by atoms with Crippen molar-refractivity contribution < 1.29 is 0 Å². The molecule has 13 rings (SSSR count). The molecule has 1 aliphatic heterocycles. The number of hydrogen-bond acceptors (Lipinski definition) is 4. The predicted octanol–water partition coefficient (Wildman–Crippen LogP) is 14.8. The van der Waals surface area contributed by atoms with Gasteiger partial charge in [-0.3, -0.25) is 0 Å². The zero-order valence-electron chi connectivity index (χ0n) is 33.5. The van der Waals surface area contributed by atoms with Crippen LogP contribution in [-0.2, 0) is 0 Å². The number of nitrogens with zero attached hydrogens (tertiary/aromatic N) is 3. The van der Waals surface area contributed by atoms with Crippen LogP contribution in [0.2, 0.25) is 0 Å². The minimum absolute atomic E-state index is 0.351. The van der Waals surface area contributed by atoms with Gasteiger partial charge in [0.1, 0.15) is 12.0 Å².